The molecule has 6 nitrogen and oxygen atoms in total. The molecule has 5 aliphatic rings. The number of benzene rings is 1. The zero-order valence-corrected chi connectivity index (χ0v) is 16.3. The van der Waals surface area contributed by atoms with Crippen molar-refractivity contribution in [2.45, 2.75) is 44.1 Å². The number of ether oxygens (including phenoxy) is 1. The molecule has 1 saturated heterocycles. The summed E-state index contributed by atoms with van der Waals surface area (Å²) in [4.78, 5) is 27.7. The van der Waals surface area contributed by atoms with Crippen LogP contribution in [0.3, 0.4) is 0 Å². The Bertz CT molecular complexity index is 737. The van der Waals surface area contributed by atoms with Crippen LogP contribution in [-0.2, 0) is 14.3 Å². The Morgan fingerprint density at radius 1 is 0.929 bits per heavy atom. The van der Waals surface area contributed by atoms with E-state index in [-0.39, 0.29) is 5.54 Å². The maximum atomic E-state index is 12.8. The Hall–Kier alpha value is -2.08. The first-order valence-corrected chi connectivity index (χ1v) is 10.7. The molecule has 4 bridgehead atoms. The molecule has 1 aromatic rings. The van der Waals surface area contributed by atoms with Crippen LogP contribution >= 0.6 is 0 Å². The average Bonchev–Trinajstić information content (AvgIpc) is 2.67. The largest absolute Gasteiger partial charge is 0.378 e. The third-order valence-electron chi connectivity index (χ3n) is 7.13. The fourth-order valence-corrected chi connectivity index (χ4v) is 6.40. The summed E-state index contributed by atoms with van der Waals surface area (Å²) in [5, 5.41) is 6.02. The van der Waals surface area contributed by atoms with Gasteiger partial charge in [0.1, 0.15) is 0 Å². The lowest BCUT2D eigenvalue weighted by Crippen LogP contribution is -2.61. The van der Waals surface area contributed by atoms with Crippen molar-refractivity contribution < 1.29 is 14.3 Å². The van der Waals surface area contributed by atoms with Gasteiger partial charge in [0.25, 0.3) is 0 Å². The number of morpholine rings is 1. The highest BCUT2D eigenvalue weighted by Gasteiger charge is 2.51. The van der Waals surface area contributed by atoms with Crippen molar-refractivity contribution in [3.8, 4) is 0 Å². The molecule has 1 aromatic carbocycles. The third-order valence-corrected chi connectivity index (χ3v) is 7.13. The lowest BCUT2D eigenvalue weighted by molar-refractivity contribution is -0.139. The summed E-state index contributed by atoms with van der Waals surface area (Å²) in [6.07, 6.45) is 7.07. The van der Waals surface area contributed by atoms with Crippen LogP contribution < -0.4 is 15.5 Å². The Labute approximate surface area is 166 Å². The van der Waals surface area contributed by atoms with Crippen molar-refractivity contribution in [3.63, 3.8) is 0 Å². The quantitative estimate of drug-likeness (QED) is 0.787. The van der Waals surface area contributed by atoms with Crippen LogP contribution in [0.15, 0.2) is 24.3 Å². The molecular weight excluding hydrogens is 354 g/mol. The second-order valence-corrected chi connectivity index (χ2v) is 9.22. The molecule has 0 aromatic heterocycles. The van der Waals surface area contributed by atoms with E-state index in [0.29, 0.717) is 18.9 Å². The van der Waals surface area contributed by atoms with E-state index in [0.717, 1.165) is 55.8 Å². The maximum absolute atomic E-state index is 12.8. The average molecular weight is 383 g/mol. The number of hydrogen-bond donors (Lipinski definition) is 2. The summed E-state index contributed by atoms with van der Waals surface area (Å²) >= 11 is 0. The summed E-state index contributed by atoms with van der Waals surface area (Å²) < 4.78 is 5.42. The zero-order chi connectivity index (χ0) is 19.1. The lowest BCUT2D eigenvalue weighted by atomic mass is 9.53. The van der Waals surface area contributed by atoms with Gasteiger partial charge in [-0.25, -0.2) is 0 Å². The van der Waals surface area contributed by atoms with Gasteiger partial charge < -0.3 is 20.3 Å². The number of para-hydroxylation sites is 2. The van der Waals surface area contributed by atoms with Crippen molar-refractivity contribution >= 4 is 23.2 Å². The summed E-state index contributed by atoms with van der Waals surface area (Å²) in [5.74, 6) is 1.15. The molecule has 28 heavy (non-hydrogen) atoms. The molecule has 6 heteroatoms. The van der Waals surface area contributed by atoms with Crippen LogP contribution in [0.1, 0.15) is 38.5 Å². The van der Waals surface area contributed by atoms with E-state index in [9.17, 15) is 9.59 Å². The SMILES string of the molecule is O=C(Nc1ccccc1N1CCOCC1)C(=O)NC12CC3CC(CC(C3)C1)C2. The number of nitrogens with zero attached hydrogens (tertiary/aromatic N) is 1. The molecule has 150 valence electrons. The molecule has 0 spiro atoms. The highest BCUT2D eigenvalue weighted by atomic mass is 16.5. The number of nitrogens with one attached hydrogen (secondary N) is 2. The van der Waals surface area contributed by atoms with Crippen molar-refractivity contribution in [2.75, 3.05) is 36.5 Å². The van der Waals surface area contributed by atoms with E-state index < -0.39 is 11.8 Å². The van der Waals surface area contributed by atoms with Gasteiger partial charge in [-0.15, -0.1) is 0 Å². The van der Waals surface area contributed by atoms with E-state index in [1.165, 1.54) is 19.3 Å². The molecule has 4 saturated carbocycles. The molecule has 6 rings (SSSR count). The summed E-state index contributed by atoms with van der Waals surface area (Å²) in [7, 11) is 0. The number of carbonyl (C=O) groups excluding carboxylic acids is 2. The standard InChI is InChI=1S/C22H29N3O3/c26-20(23-18-3-1-2-4-19(18)25-5-7-28-8-6-25)21(27)24-22-12-15-9-16(13-22)11-17(10-15)14-22/h1-4,15-17H,5-14H2,(H,23,26)(H,24,27). The molecular formula is C22H29N3O3. The lowest BCUT2D eigenvalue weighted by Gasteiger charge is -2.56. The van der Waals surface area contributed by atoms with Crippen molar-refractivity contribution in [3.05, 3.63) is 24.3 Å². The van der Waals surface area contributed by atoms with Gasteiger partial charge in [-0.1, -0.05) is 12.1 Å². The molecule has 1 heterocycles. The minimum absolute atomic E-state index is 0.146. The van der Waals surface area contributed by atoms with Gasteiger partial charge in [-0.2, -0.15) is 0 Å². The van der Waals surface area contributed by atoms with Crippen LogP contribution in [0.2, 0.25) is 0 Å². The molecule has 4 aliphatic carbocycles. The summed E-state index contributed by atoms with van der Waals surface area (Å²) in [6.45, 7) is 2.92. The van der Waals surface area contributed by atoms with Gasteiger partial charge in [0.05, 0.1) is 24.6 Å². The number of hydrogen-bond acceptors (Lipinski definition) is 4. The van der Waals surface area contributed by atoms with Gasteiger partial charge >= 0.3 is 11.8 Å². The molecule has 5 fully saturated rings. The fraction of sp³-hybridized carbons (Fsp3) is 0.636. The van der Waals surface area contributed by atoms with Crippen LogP contribution in [0.5, 0.6) is 0 Å². The predicted octanol–water partition coefficient (Wildman–Crippen LogP) is 2.55. The molecule has 0 unspecified atom stereocenters. The van der Waals surface area contributed by atoms with Crippen LogP contribution in [-0.4, -0.2) is 43.7 Å². The summed E-state index contributed by atoms with van der Waals surface area (Å²) in [5.41, 5.74) is 1.49. The topological polar surface area (TPSA) is 70.7 Å². The molecule has 0 atom stereocenters. The normalized spacial score (nSPS) is 33.6. The smallest absolute Gasteiger partial charge is 0.313 e. The Kier molecular flexibility index (Phi) is 4.54. The van der Waals surface area contributed by atoms with E-state index in [2.05, 4.69) is 15.5 Å². The Balaban J connectivity index is 1.27. The minimum Gasteiger partial charge on any atom is -0.378 e. The Morgan fingerprint density at radius 3 is 2.18 bits per heavy atom. The predicted molar refractivity (Wildman–Crippen MR) is 107 cm³/mol. The first kappa shape index (κ1) is 18.0. The molecule has 2 amide bonds. The monoisotopic (exact) mass is 383 g/mol. The molecule has 0 radical (unpaired) electrons. The van der Waals surface area contributed by atoms with Crippen LogP contribution in [0.4, 0.5) is 11.4 Å². The number of anilines is 2. The van der Waals surface area contributed by atoms with E-state index in [4.69, 9.17) is 4.74 Å². The second-order valence-electron chi connectivity index (χ2n) is 9.22. The molecule has 2 N–H and O–H groups in total. The second kappa shape index (κ2) is 7.07. The molecule has 1 aliphatic heterocycles. The van der Waals surface area contributed by atoms with Gasteiger partial charge in [0.15, 0.2) is 0 Å². The first-order valence-electron chi connectivity index (χ1n) is 10.7. The van der Waals surface area contributed by atoms with E-state index >= 15 is 0 Å². The maximum Gasteiger partial charge on any atom is 0.313 e. The first-order chi connectivity index (χ1) is 13.6. The minimum atomic E-state index is -0.559. The zero-order valence-electron chi connectivity index (χ0n) is 16.3. The Morgan fingerprint density at radius 2 is 1.54 bits per heavy atom. The van der Waals surface area contributed by atoms with E-state index in [1.54, 1.807) is 0 Å². The van der Waals surface area contributed by atoms with E-state index in [1.807, 2.05) is 24.3 Å². The van der Waals surface area contributed by atoms with Crippen LogP contribution in [0.25, 0.3) is 0 Å². The van der Waals surface area contributed by atoms with Crippen LogP contribution in [0, 0.1) is 17.8 Å². The number of carbonyl (C=O) groups is 2. The fourth-order valence-electron chi connectivity index (χ4n) is 6.40. The van der Waals surface area contributed by atoms with Crippen molar-refractivity contribution in [1.29, 1.82) is 0 Å². The third kappa shape index (κ3) is 3.39. The number of amides is 2. The van der Waals surface area contributed by atoms with Gasteiger partial charge in [-0.05, 0) is 68.4 Å². The van der Waals surface area contributed by atoms with Gasteiger partial charge in [0, 0.05) is 18.6 Å². The highest BCUT2D eigenvalue weighted by Crippen LogP contribution is 2.55. The highest BCUT2D eigenvalue weighted by molar-refractivity contribution is 6.40. The van der Waals surface area contributed by atoms with Gasteiger partial charge in [-0.3, -0.25) is 9.59 Å². The van der Waals surface area contributed by atoms with Gasteiger partial charge in [0.2, 0.25) is 0 Å². The van der Waals surface area contributed by atoms with Crippen molar-refractivity contribution in [2.24, 2.45) is 17.8 Å². The van der Waals surface area contributed by atoms with Crippen molar-refractivity contribution in [1.82, 2.24) is 5.32 Å². The summed E-state index contributed by atoms with van der Waals surface area (Å²) in [6, 6.07) is 7.69. The number of rotatable bonds is 3.